The van der Waals surface area contributed by atoms with Gasteiger partial charge in [-0.25, -0.2) is 0 Å². The van der Waals surface area contributed by atoms with Crippen molar-refractivity contribution in [3.05, 3.63) is 59.7 Å². The lowest BCUT2D eigenvalue weighted by molar-refractivity contribution is -0.109. The molecule has 2 amide bonds. The van der Waals surface area contributed by atoms with Gasteiger partial charge in [0.15, 0.2) is 0 Å². The molecule has 4 nitrogen and oxygen atoms in total. The van der Waals surface area contributed by atoms with E-state index in [9.17, 15) is 9.59 Å². The first-order valence-corrected chi connectivity index (χ1v) is 6.70. The zero-order chi connectivity index (χ0) is 15.2. The van der Waals surface area contributed by atoms with Crippen molar-refractivity contribution >= 4 is 12.3 Å². The van der Waals surface area contributed by atoms with Gasteiger partial charge in [0, 0.05) is 26.2 Å². The number of hydrogen-bond acceptors (Lipinski definition) is 2. The van der Waals surface area contributed by atoms with Crippen molar-refractivity contribution < 1.29 is 9.59 Å². The third kappa shape index (κ3) is 3.48. The van der Waals surface area contributed by atoms with E-state index < -0.39 is 0 Å². The van der Waals surface area contributed by atoms with E-state index in [4.69, 9.17) is 0 Å². The molecular weight excluding hydrogens is 264 g/mol. The molecule has 0 fully saturated rings. The van der Waals surface area contributed by atoms with Gasteiger partial charge in [-0.15, -0.1) is 0 Å². The number of nitrogens with one attached hydrogen (secondary N) is 1. The van der Waals surface area contributed by atoms with Crippen molar-refractivity contribution in [3.8, 4) is 11.1 Å². The fraction of sp³-hybridized carbons (Fsp3) is 0.176. The highest BCUT2D eigenvalue weighted by atomic mass is 16.2. The van der Waals surface area contributed by atoms with Gasteiger partial charge in [-0.3, -0.25) is 9.59 Å². The topological polar surface area (TPSA) is 49.4 Å². The van der Waals surface area contributed by atoms with Gasteiger partial charge in [-0.1, -0.05) is 42.5 Å². The van der Waals surface area contributed by atoms with E-state index in [1.807, 2.05) is 48.5 Å². The zero-order valence-corrected chi connectivity index (χ0v) is 12.2. The molecule has 1 N–H and O–H groups in total. The van der Waals surface area contributed by atoms with E-state index in [-0.39, 0.29) is 5.91 Å². The third-order valence-corrected chi connectivity index (χ3v) is 3.22. The second-order valence-electron chi connectivity index (χ2n) is 4.94. The zero-order valence-electron chi connectivity index (χ0n) is 12.2. The summed E-state index contributed by atoms with van der Waals surface area (Å²) < 4.78 is 0. The first-order chi connectivity index (χ1) is 10.1. The van der Waals surface area contributed by atoms with Gasteiger partial charge >= 0.3 is 0 Å². The fourth-order valence-electron chi connectivity index (χ4n) is 2.12. The Kier molecular flexibility index (Phi) is 4.72. The quantitative estimate of drug-likeness (QED) is 0.855. The van der Waals surface area contributed by atoms with Crippen LogP contribution in [-0.2, 0) is 11.3 Å². The Labute approximate surface area is 124 Å². The summed E-state index contributed by atoms with van der Waals surface area (Å²) in [6, 6.07) is 15.4. The van der Waals surface area contributed by atoms with Crippen LogP contribution < -0.4 is 5.32 Å². The fourth-order valence-corrected chi connectivity index (χ4v) is 2.12. The number of amides is 2. The summed E-state index contributed by atoms with van der Waals surface area (Å²) in [5, 5.41) is 2.63. The molecule has 4 heteroatoms. The minimum atomic E-state index is -0.0164. The van der Waals surface area contributed by atoms with Gasteiger partial charge in [-0.2, -0.15) is 0 Å². The Hall–Kier alpha value is -2.62. The van der Waals surface area contributed by atoms with E-state index in [1.165, 1.54) is 0 Å². The molecule has 0 spiro atoms. The third-order valence-electron chi connectivity index (χ3n) is 3.22. The molecule has 0 aliphatic carbocycles. The molecule has 2 aromatic rings. The maximum atomic E-state index is 12.2. The molecule has 0 unspecified atom stereocenters. The maximum Gasteiger partial charge on any atom is 0.253 e. The first kappa shape index (κ1) is 14.8. The predicted molar refractivity (Wildman–Crippen MR) is 82.8 cm³/mol. The van der Waals surface area contributed by atoms with Crippen LogP contribution in [0.25, 0.3) is 11.1 Å². The molecule has 0 radical (unpaired) electrons. The molecule has 0 saturated heterocycles. The summed E-state index contributed by atoms with van der Waals surface area (Å²) in [6.45, 7) is 0.502. The lowest BCUT2D eigenvalue weighted by atomic mass is 9.98. The van der Waals surface area contributed by atoms with Crippen LogP contribution in [-0.4, -0.2) is 31.3 Å². The summed E-state index contributed by atoms with van der Waals surface area (Å²) in [5.41, 5.74) is 3.59. The minimum absolute atomic E-state index is 0.0164. The van der Waals surface area contributed by atoms with E-state index in [1.54, 1.807) is 19.0 Å². The summed E-state index contributed by atoms with van der Waals surface area (Å²) >= 11 is 0. The van der Waals surface area contributed by atoms with Crippen LogP contribution in [0.5, 0.6) is 0 Å². The SMILES string of the molecule is CN(C)C(=O)c1ccccc1-c1ccc(CNC=O)cc1. The van der Waals surface area contributed by atoms with Crippen molar-refractivity contribution in [2.24, 2.45) is 0 Å². The summed E-state index contributed by atoms with van der Waals surface area (Å²) in [4.78, 5) is 24.1. The highest BCUT2D eigenvalue weighted by Crippen LogP contribution is 2.24. The smallest absolute Gasteiger partial charge is 0.253 e. The van der Waals surface area contributed by atoms with Gasteiger partial charge in [-0.05, 0) is 22.8 Å². The van der Waals surface area contributed by atoms with Crippen molar-refractivity contribution in [3.63, 3.8) is 0 Å². The highest BCUT2D eigenvalue weighted by molar-refractivity contribution is 6.00. The van der Waals surface area contributed by atoms with E-state index in [2.05, 4.69) is 5.32 Å². The van der Waals surface area contributed by atoms with E-state index in [0.717, 1.165) is 16.7 Å². The highest BCUT2D eigenvalue weighted by Gasteiger charge is 2.13. The molecule has 0 atom stereocenters. The molecule has 0 aromatic heterocycles. The summed E-state index contributed by atoms with van der Waals surface area (Å²) in [5.74, 6) is -0.0164. The van der Waals surface area contributed by atoms with Gasteiger partial charge in [0.1, 0.15) is 0 Å². The van der Waals surface area contributed by atoms with Crippen LogP contribution in [0.2, 0.25) is 0 Å². The van der Waals surface area contributed by atoms with Gasteiger partial charge in [0.05, 0.1) is 0 Å². The molecule has 21 heavy (non-hydrogen) atoms. The Morgan fingerprint density at radius 2 is 1.76 bits per heavy atom. The molecule has 0 aliphatic rings. The number of carbonyl (C=O) groups excluding carboxylic acids is 2. The van der Waals surface area contributed by atoms with Crippen LogP contribution in [0.15, 0.2) is 48.5 Å². The van der Waals surface area contributed by atoms with Crippen LogP contribution in [0.1, 0.15) is 15.9 Å². The van der Waals surface area contributed by atoms with Crippen LogP contribution in [0.3, 0.4) is 0 Å². The Balaban J connectivity index is 2.34. The average molecular weight is 282 g/mol. The molecule has 0 aliphatic heterocycles. The number of benzene rings is 2. The van der Waals surface area contributed by atoms with Crippen molar-refractivity contribution in [1.29, 1.82) is 0 Å². The molecular formula is C17H18N2O2. The molecule has 0 bridgehead atoms. The Morgan fingerprint density at radius 3 is 2.38 bits per heavy atom. The van der Waals surface area contributed by atoms with Crippen molar-refractivity contribution in [2.75, 3.05) is 14.1 Å². The molecule has 0 heterocycles. The van der Waals surface area contributed by atoms with Gasteiger partial charge < -0.3 is 10.2 Å². The predicted octanol–water partition coefficient (Wildman–Crippen LogP) is 2.30. The molecule has 0 saturated carbocycles. The Morgan fingerprint density at radius 1 is 1.10 bits per heavy atom. The summed E-state index contributed by atoms with van der Waals surface area (Å²) in [6.07, 6.45) is 0.680. The maximum absolute atomic E-state index is 12.2. The monoisotopic (exact) mass is 282 g/mol. The number of rotatable bonds is 5. The minimum Gasteiger partial charge on any atom is -0.355 e. The second-order valence-corrected chi connectivity index (χ2v) is 4.94. The largest absolute Gasteiger partial charge is 0.355 e. The van der Waals surface area contributed by atoms with E-state index >= 15 is 0 Å². The second kappa shape index (κ2) is 6.70. The lowest BCUT2D eigenvalue weighted by Gasteiger charge is -2.14. The number of nitrogens with zero attached hydrogens (tertiary/aromatic N) is 1. The van der Waals surface area contributed by atoms with Gasteiger partial charge in [0.2, 0.25) is 6.41 Å². The van der Waals surface area contributed by atoms with Crippen LogP contribution in [0, 0.1) is 0 Å². The van der Waals surface area contributed by atoms with Crippen LogP contribution >= 0.6 is 0 Å². The van der Waals surface area contributed by atoms with Crippen LogP contribution in [0.4, 0.5) is 0 Å². The van der Waals surface area contributed by atoms with E-state index in [0.29, 0.717) is 18.5 Å². The van der Waals surface area contributed by atoms with Crippen molar-refractivity contribution in [2.45, 2.75) is 6.54 Å². The molecule has 108 valence electrons. The van der Waals surface area contributed by atoms with Gasteiger partial charge in [0.25, 0.3) is 5.91 Å². The Bertz CT molecular complexity index is 633. The lowest BCUT2D eigenvalue weighted by Crippen LogP contribution is -2.22. The van der Waals surface area contributed by atoms with Crippen molar-refractivity contribution in [1.82, 2.24) is 10.2 Å². The molecule has 2 aromatic carbocycles. The normalized spacial score (nSPS) is 10.0. The standard InChI is InChI=1S/C17H18N2O2/c1-19(2)17(21)16-6-4-3-5-15(16)14-9-7-13(8-10-14)11-18-12-20/h3-10,12H,11H2,1-2H3,(H,18,20). The number of carbonyl (C=O) groups is 2. The number of hydrogen-bond donors (Lipinski definition) is 1. The first-order valence-electron chi connectivity index (χ1n) is 6.70. The summed E-state index contributed by atoms with van der Waals surface area (Å²) in [7, 11) is 3.49. The average Bonchev–Trinajstić information content (AvgIpc) is 2.52. The molecule has 2 rings (SSSR count).